The molecule has 0 amide bonds. The molecular formula is C31H35NO5. The summed E-state index contributed by atoms with van der Waals surface area (Å²) in [5, 5.41) is 24.5. The van der Waals surface area contributed by atoms with Gasteiger partial charge in [-0.15, -0.1) is 0 Å². The van der Waals surface area contributed by atoms with Gasteiger partial charge < -0.3 is 14.9 Å². The van der Waals surface area contributed by atoms with Gasteiger partial charge in [0.15, 0.2) is 5.78 Å². The van der Waals surface area contributed by atoms with Gasteiger partial charge in [0, 0.05) is 28.3 Å². The third kappa shape index (κ3) is 3.41. The Morgan fingerprint density at radius 2 is 2.00 bits per heavy atom. The van der Waals surface area contributed by atoms with E-state index in [1.807, 2.05) is 37.3 Å². The maximum atomic E-state index is 13.7. The molecule has 1 aromatic carbocycles. The van der Waals surface area contributed by atoms with Crippen LogP contribution >= 0.6 is 0 Å². The minimum Gasteiger partial charge on any atom is -0.483 e. The fourth-order valence-corrected chi connectivity index (χ4v) is 8.67. The lowest BCUT2D eigenvalue weighted by Gasteiger charge is -2.60. The lowest BCUT2D eigenvalue weighted by molar-refractivity contribution is -0.179. The number of nitrogens with zero attached hydrogens (tertiary/aromatic N) is 1. The van der Waals surface area contributed by atoms with Crippen molar-refractivity contribution in [2.45, 2.75) is 58.2 Å². The number of Topliss-reactive ketones (excluding diaryl/α,β-unsaturated/α-hetero) is 1. The van der Waals surface area contributed by atoms with Crippen molar-refractivity contribution >= 4 is 22.5 Å². The second kappa shape index (κ2) is 8.34. The van der Waals surface area contributed by atoms with Crippen LogP contribution in [0.25, 0.3) is 10.9 Å². The van der Waals surface area contributed by atoms with E-state index in [0.29, 0.717) is 24.1 Å². The largest absolute Gasteiger partial charge is 0.483 e. The first-order valence-electron chi connectivity index (χ1n) is 13.4. The number of fused-ring (bicyclic) bond motifs is 6. The summed E-state index contributed by atoms with van der Waals surface area (Å²) in [4.78, 5) is 30.2. The van der Waals surface area contributed by atoms with Crippen LogP contribution in [0.1, 0.15) is 46.5 Å². The third-order valence-electron chi connectivity index (χ3n) is 10.4. The Hall–Kier alpha value is -2.83. The standard InChI is InChI=1S/C31H35NO5/c1-18-14-21-22-10-12-31(36,26(35)17-37-25-8-4-6-19-7-5-13-32-28(19)25)30(22,3)16-24(34)27(21)29(2)11-9-20(33)15-23(18)29/h4-9,11,13,15,18,21-22,24,27,34,36H,10,12,14,16-17H2,1-3H3/t18-,21?,22?,24-,27?,29?,30?,31-/m0/s1. The summed E-state index contributed by atoms with van der Waals surface area (Å²) >= 11 is 0. The highest BCUT2D eigenvalue weighted by atomic mass is 16.5. The lowest BCUT2D eigenvalue weighted by Crippen LogP contribution is -2.62. The van der Waals surface area contributed by atoms with E-state index in [9.17, 15) is 19.8 Å². The van der Waals surface area contributed by atoms with Crippen LogP contribution in [0, 0.1) is 34.5 Å². The van der Waals surface area contributed by atoms with Gasteiger partial charge in [0.2, 0.25) is 5.78 Å². The molecule has 194 valence electrons. The van der Waals surface area contributed by atoms with Crippen LogP contribution in [0.3, 0.4) is 0 Å². The molecule has 4 aliphatic carbocycles. The SMILES string of the molecule is C[C@H]1CC2C([C@@H](O)CC3(C)C2CC[C@]3(O)C(=O)COc2cccc3cccnc23)C2(C)C=CC(=O)C=C12. The second-order valence-electron chi connectivity index (χ2n) is 12.2. The molecule has 0 bridgehead atoms. The average Bonchev–Trinajstić information content (AvgIpc) is 3.14. The molecule has 0 radical (unpaired) electrons. The summed E-state index contributed by atoms with van der Waals surface area (Å²) in [6, 6.07) is 9.39. The number of carbonyl (C=O) groups is 2. The zero-order valence-corrected chi connectivity index (χ0v) is 21.7. The molecule has 1 aromatic heterocycles. The number of ether oxygens (including phenoxy) is 1. The van der Waals surface area contributed by atoms with Gasteiger partial charge in [-0.2, -0.15) is 0 Å². The molecule has 6 nitrogen and oxygen atoms in total. The summed E-state index contributed by atoms with van der Waals surface area (Å²) in [6.07, 6.45) is 8.66. The van der Waals surface area contributed by atoms with Crippen LogP contribution in [0.2, 0.25) is 0 Å². The number of pyridine rings is 1. The molecule has 1 heterocycles. The Balaban J connectivity index is 1.28. The van der Waals surface area contributed by atoms with Crippen LogP contribution < -0.4 is 4.74 Å². The molecule has 3 saturated carbocycles. The van der Waals surface area contributed by atoms with Crippen LogP contribution in [0.5, 0.6) is 5.75 Å². The lowest BCUT2D eigenvalue weighted by atomic mass is 9.45. The summed E-state index contributed by atoms with van der Waals surface area (Å²) < 4.78 is 5.95. The van der Waals surface area contributed by atoms with Gasteiger partial charge in [-0.25, -0.2) is 0 Å². The normalized spacial score (nSPS) is 40.5. The van der Waals surface area contributed by atoms with Gasteiger partial charge in [-0.1, -0.05) is 50.6 Å². The highest BCUT2D eigenvalue weighted by Crippen LogP contribution is 2.67. The Bertz CT molecular complexity index is 1340. The Kier molecular flexibility index (Phi) is 5.52. The predicted octanol–water partition coefficient (Wildman–Crippen LogP) is 4.44. The van der Waals surface area contributed by atoms with E-state index in [-0.39, 0.29) is 41.8 Å². The number of hydrogen-bond donors (Lipinski definition) is 2. The molecule has 0 aliphatic heterocycles. The van der Waals surface area contributed by atoms with Gasteiger partial charge in [-0.05, 0) is 67.7 Å². The minimum atomic E-state index is -1.57. The first-order valence-corrected chi connectivity index (χ1v) is 13.4. The first kappa shape index (κ1) is 24.5. The van der Waals surface area contributed by atoms with Crippen molar-refractivity contribution in [2.24, 2.45) is 34.5 Å². The molecule has 6 rings (SSSR count). The first-order chi connectivity index (χ1) is 17.6. The van der Waals surface area contributed by atoms with E-state index in [4.69, 9.17) is 4.74 Å². The number of allylic oxidation sites excluding steroid dienone is 4. The summed E-state index contributed by atoms with van der Waals surface area (Å²) in [7, 11) is 0. The molecule has 0 spiro atoms. The van der Waals surface area contributed by atoms with Crippen molar-refractivity contribution in [1.29, 1.82) is 0 Å². The molecule has 37 heavy (non-hydrogen) atoms. The zero-order chi connectivity index (χ0) is 26.2. The van der Waals surface area contributed by atoms with Gasteiger partial charge in [0.05, 0.1) is 6.10 Å². The van der Waals surface area contributed by atoms with E-state index >= 15 is 0 Å². The Morgan fingerprint density at radius 1 is 1.22 bits per heavy atom. The van der Waals surface area contributed by atoms with Crippen LogP contribution in [0.4, 0.5) is 0 Å². The van der Waals surface area contributed by atoms with Crippen molar-refractivity contribution in [1.82, 2.24) is 4.98 Å². The number of hydrogen-bond acceptors (Lipinski definition) is 6. The Labute approximate surface area is 217 Å². The van der Waals surface area contributed by atoms with E-state index < -0.39 is 22.5 Å². The van der Waals surface area contributed by atoms with Gasteiger partial charge in [0.25, 0.3) is 0 Å². The summed E-state index contributed by atoms with van der Waals surface area (Å²) in [5.41, 5.74) is -0.933. The zero-order valence-electron chi connectivity index (χ0n) is 21.7. The van der Waals surface area contributed by atoms with Crippen molar-refractivity contribution in [3.05, 3.63) is 60.3 Å². The van der Waals surface area contributed by atoms with Gasteiger partial charge in [0.1, 0.15) is 23.5 Å². The predicted molar refractivity (Wildman–Crippen MR) is 140 cm³/mol. The molecule has 8 atom stereocenters. The monoisotopic (exact) mass is 501 g/mol. The summed E-state index contributed by atoms with van der Waals surface area (Å²) in [6.45, 7) is 6.04. The third-order valence-corrected chi connectivity index (χ3v) is 10.4. The van der Waals surface area contributed by atoms with Crippen molar-refractivity contribution in [3.8, 4) is 5.75 Å². The fourth-order valence-electron chi connectivity index (χ4n) is 8.67. The molecule has 3 fully saturated rings. The molecule has 6 heteroatoms. The maximum Gasteiger partial charge on any atom is 0.202 e. The molecule has 2 aromatic rings. The van der Waals surface area contributed by atoms with Crippen LogP contribution in [-0.4, -0.2) is 45.1 Å². The molecule has 2 N–H and O–H groups in total. The number of carbonyl (C=O) groups excluding carboxylic acids is 2. The average molecular weight is 502 g/mol. The van der Waals surface area contributed by atoms with E-state index in [1.165, 1.54) is 0 Å². The summed E-state index contributed by atoms with van der Waals surface area (Å²) in [5.74, 6) is 0.583. The van der Waals surface area contributed by atoms with Crippen molar-refractivity contribution in [2.75, 3.05) is 6.61 Å². The Morgan fingerprint density at radius 3 is 2.81 bits per heavy atom. The maximum absolute atomic E-state index is 13.7. The number of ketones is 2. The number of benzene rings is 1. The molecule has 0 saturated heterocycles. The fraction of sp³-hybridized carbons (Fsp3) is 0.516. The number of para-hydroxylation sites is 1. The highest BCUT2D eigenvalue weighted by molar-refractivity contribution is 6.01. The van der Waals surface area contributed by atoms with Crippen LogP contribution in [0.15, 0.2) is 60.3 Å². The smallest absolute Gasteiger partial charge is 0.202 e. The van der Waals surface area contributed by atoms with E-state index in [1.54, 1.807) is 24.4 Å². The van der Waals surface area contributed by atoms with E-state index in [2.05, 4.69) is 18.8 Å². The number of rotatable bonds is 4. The van der Waals surface area contributed by atoms with E-state index in [0.717, 1.165) is 23.8 Å². The van der Waals surface area contributed by atoms with Crippen molar-refractivity contribution < 1.29 is 24.5 Å². The highest BCUT2D eigenvalue weighted by Gasteiger charge is 2.68. The van der Waals surface area contributed by atoms with Crippen LogP contribution in [-0.2, 0) is 9.59 Å². The molecular weight excluding hydrogens is 466 g/mol. The number of aliphatic hydroxyl groups excluding tert-OH is 1. The molecule has 5 unspecified atom stereocenters. The quantitative estimate of drug-likeness (QED) is 0.643. The number of aliphatic hydroxyl groups is 2. The molecule has 4 aliphatic rings. The second-order valence-corrected chi connectivity index (χ2v) is 12.2. The topological polar surface area (TPSA) is 96.7 Å². The van der Waals surface area contributed by atoms with Gasteiger partial charge in [-0.3, -0.25) is 14.6 Å². The van der Waals surface area contributed by atoms with Gasteiger partial charge >= 0.3 is 0 Å². The van der Waals surface area contributed by atoms with Crippen molar-refractivity contribution in [3.63, 3.8) is 0 Å². The minimum absolute atomic E-state index is 0.00939. The number of aromatic nitrogens is 1.